The lowest BCUT2D eigenvalue weighted by molar-refractivity contribution is 0.0737. The Hall–Kier alpha value is -3.34. The molecule has 2 aromatic heterocycles. The van der Waals surface area contributed by atoms with E-state index in [1.54, 1.807) is 6.33 Å². The highest BCUT2D eigenvalue weighted by atomic mass is 16.2. The summed E-state index contributed by atoms with van der Waals surface area (Å²) in [4.78, 5) is 28.5. The van der Waals surface area contributed by atoms with Gasteiger partial charge in [0.2, 0.25) is 0 Å². The summed E-state index contributed by atoms with van der Waals surface area (Å²) in [7, 11) is 0. The number of rotatable bonds is 1. The van der Waals surface area contributed by atoms with E-state index in [0.717, 1.165) is 45.0 Å². The zero-order valence-electron chi connectivity index (χ0n) is 14.1. The van der Waals surface area contributed by atoms with E-state index in [1.165, 1.54) is 0 Å². The molecule has 4 aromatic rings. The fourth-order valence-corrected chi connectivity index (χ4v) is 3.67. The minimum absolute atomic E-state index is 0.0364. The van der Waals surface area contributed by atoms with Gasteiger partial charge in [0.1, 0.15) is 6.33 Å². The van der Waals surface area contributed by atoms with Gasteiger partial charge in [0.25, 0.3) is 5.91 Å². The van der Waals surface area contributed by atoms with Crippen LogP contribution in [0.1, 0.15) is 21.6 Å². The molecular weight excluding hydrogens is 324 g/mol. The van der Waals surface area contributed by atoms with Gasteiger partial charge < -0.3 is 4.90 Å². The van der Waals surface area contributed by atoms with Gasteiger partial charge in [-0.25, -0.2) is 15.0 Å². The lowest BCUT2D eigenvalue weighted by Gasteiger charge is -2.28. The van der Waals surface area contributed by atoms with Crippen LogP contribution in [0.2, 0.25) is 0 Å². The number of benzene rings is 2. The molecule has 0 aliphatic carbocycles. The van der Waals surface area contributed by atoms with E-state index in [-0.39, 0.29) is 5.91 Å². The summed E-state index contributed by atoms with van der Waals surface area (Å²) in [6.45, 7) is 1.20. The van der Waals surface area contributed by atoms with E-state index >= 15 is 0 Å². The second-order valence-electron chi connectivity index (χ2n) is 6.49. The number of carbonyl (C=O) groups is 1. The molecule has 0 bridgehead atoms. The summed E-state index contributed by atoms with van der Waals surface area (Å²) in [6.07, 6.45) is 4.13. The molecule has 0 saturated carbocycles. The van der Waals surface area contributed by atoms with Crippen LogP contribution in [0.25, 0.3) is 21.8 Å². The monoisotopic (exact) mass is 340 g/mol. The third-order valence-corrected chi connectivity index (χ3v) is 4.95. The third-order valence-electron chi connectivity index (χ3n) is 4.95. The Balaban J connectivity index is 1.67. The number of amides is 1. The number of pyridine rings is 1. The van der Waals surface area contributed by atoms with Crippen LogP contribution in [0, 0.1) is 0 Å². The van der Waals surface area contributed by atoms with E-state index in [0.29, 0.717) is 13.1 Å². The number of aromatic nitrogens is 3. The Morgan fingerprint density at radius 1 is 0.962 bits per heavy atom. The van der Waals surface area contributed by atoms with Gasteiger partial charge in [0.05, 0.1) is 22.3 Å². The first-order valence-electron chi connectivity index (χ1n) is 8.66. The molecule has 3 heterocycles. The Kier molecular flexibility index (Phi) is 3.38. The normalized spacial score (nSPS) is 13.8. The molecule has 5 rings (SSSR count). The second kappa shape index (κ2) is 5.88. The fourth-order valence-electron chi connectivity index (χ4n) is 3.67. The molecular formula is C21H16N4O. The molecule has 0 spiro atoms. The molecule has 1 amide bonds. The van der Waals surface area contributed by atoms with Gasteiger partial charge >= 0.3 is 0 Å². The van der Waals surface area contributed by atoms with Crippen molar-refractivity contribution in [3.05, 3.63) is 77.9 Å². The summed E-state index contributed by atoms with van der Waals surface area (Å²) in [6, 6.07) is 15.7. The first-order valence-corrected chi connectivity index (χ1v) is 8.66. The molecule has 0 saturated heterocycles. The Labute approximate surface area is 150 Å². The van der Waals surface area contributed by atoms with Crippen LogP contribution in [0.5, 0.6) is 0 Å². The van der Waals surface area contributed by atoms with Crippen LogP contribution in [-0.4, -0.2) is 32.3 Å². The van der Waals surface area contributed by atoms with Gasteiger partial charge in [-0.1, -0.05) is 36.4 Å². The number of carbonyl (C=O) groups excluding carboxylic acids is 1. The highest BCUT2D eigenvalue weighted by Gasteiger charge is 2.25. The van der Waals surface area contributed by atoms with Gasteiger partial charge in [-0.2, -0.15) is 0 Å². The van der Waals surface area contributed by atoms with Crippen LogP contribution in [0.15, 0.2) is 61.1 Å². The number of hydrogen-bond acceptors (Lipinski definition) is 4. The summed E-state index contributed by atoms with van der Waals surface area (Å²) < 4.78 is 0. The molecule has 26 heavy (non-hydrogen) atoms. The van der Waals surface area contributed by atoms with Crippen LogP contribution < -0.4 is 0 Å². The first-order chi connectivity index (χ1) is 12.8. The fraction of sp³-hybridized carbons (Fsp3) is 0.143. The van der Waals surface area contributed by atoms with Crippen LogP contribution in [0.3, 0.4) is 0 Å². The Morgan fingerprint density at radius 3 is 2.38 bits per heavy atom. The maximum absolute atomic E-state index is 13.5. The predicted molar refractivity (Wildman–Crippen MR) is 99.7 cm³/mol. The van der Waals surface area contributed by atoms with Gasteiger partial charge in [-0.05, 0) is 12.1 Å². The van der Waals surface area contributed by atoms with E-state index in [4.69, 9.17) is 4.98 Å². The van der Waals surface area contributed by atoms with Crippen LogP contribution in [0.4, 0.5) is 0 Å². The molecule has 2 aromatic carbocycles. The number of nitrogens with zero attached hydrogens (tertiary/aromatic N) is 4. The maximum atomic E-state index is 13.5. The quantitative estimate of drug-likeness (QED) is 0.499. The maximum Gasteiger partial charge on any atom is 0.255 e. The molecule has 1 aliphatic rings. The van der Waals surface area contributed by atoms with E-state index in [1.807, 2.05) is 59.6 Å². The highest BCUT2D eigenvalue weighted by molar-refractivity contribution is 6.16. The van der Waals surface area contributed by atoms with E-state index < -0.39 is 0 Å². The molecule has 1 aliphatic heterocycles. The molecule has 0 fully saturated rings. The lowest BCUT2D eigenvalue weighted by Crippen LogP contribution is -2.36. The van der Waals surface area contributed by atoms with Crippen molar-refractivity contribution in [3.8, 4) is 0 Å². The molecule has 0 unspecified atom stereocenters. The minimum Gasteiger partial charge on any atom is -0.334 e. The van der Waals surface area contributed by atoms with Crippen molar-refractivity contribution in [3.63, 3.8) is 0 Å². The Morgan fingerprint density at radius 2 is 1.65 bits per heavy atom. The molecule has 5 nitrogen and oxygen atoms in total. The summed E-state index contributed by atoms with van der Waals surface area (Å²) in [5.41, 5.74) is 4.47. The van der Waals surface area contributed by atoms with Crippen molar-refractivity contribution in [2.24, 2.45) is 0 Å². The van der Waals surface area contributed by atoms with E-state index in [9.17, 15) is 4.79 Å². The third kappa shape index (κ3) is 2.32. The van der Waals surface area contributed by atoms with Crippen molar-refractivity contribution in [2.75, 3.05) is 6.54 Å². The predicted octanol–water partition coefficient (Wildman–Crippen LogP) is 3.38. The zero-order valence-corrected chi connectivity index (χ0v) is 14.1. The van der Waals surface area contributed by atoms with Crippen LogP contribution in [-0.2, 0) is 13.0 Å². The van der Waals surface area contributed by atoms with E-state index in [2.05, 4.69) is 9.97 Å². The second-order valence-corrected chi connectivity index (χ2v) is 6.49. The highest BCUT2D eigenvalue weighted by Crippen LogP contribution is 2.28. The van der Waals surface area contributed by atoms with Gasteiger partial charge in [-0.3, -0.25) is 4.79 Å². The zero-order chi connectivity index (χ0) is 17.5. The van der Waals surface area contributed by atoms with Crippen LogP contribution >= 0.6 is 0 Å². The average Bonchev–Trinajstić information content (AvgIpc) is 2.71. The smallest absolute Gasteiger partial charge is 0.255 e. The first kappa shape index (κ1) is 15.0. The summed E-state index contributed by atoms with van der Waals surface area (Å²) >= 11 is 0. The molecule has 126 valence electrons. The van der Waals surface area contributed by atoms with Crippen molar-refractivity contribution in [2.45, 2.75) is 13.0 Å². The summed E-state index contributed by atoms with van der Waals surface area (Å²) in [5.74, 6) is 0.0364. The Bertz CT molecular complexity index is 1100. The van der Waals surface area contributed by atoms with Crippen molar-refractivity contribution in [1.29, 1.82) is 0 Å². The number of fused-ring (bicyclic) bond motifs is 3. The summed E-state index contributed by atoms with van der Waals surface area (Å²) in [5, 5.41) is 1.79. The van der Waals surface area contributed by atoms with Gasteiger partial charge in [0.15, 0.2) is 0 Å². The largest absolute Gasteiger partial charge is 0.334 e. The van der Waals surface area contributed by atoms with Crippen molar-refractivity contribution < 1.29 is 4.79 Å². The SMILES string of the molecule is O=C(c1c2ccccc2nc2ccccc12)N1CCc2ncncc2C1. The standard InChI is InChI=1S/C21H16N4O/c26-21(25-10-9-17-14(12-25)11-22-13-23-17)20-15-5-1-3-7-18(15)24-19-8-4-2-6-16(19)20/h1-8,11,13H,9-10,12H2. The van der Waals surface area contributed by atoms with Crippen molar-refractivity contribution in [1.82, 2.24) is 19.9 Å². The average molecular weight is 340 g/mol. The number of para-hydroxylation sites is 2. The molecule has 0 N–H and O–H groups in total. The van der Waals surface area contributed by atoms with Crippen molar-refractivity contribution >= 4 is 27.7 Å². The van der Waals surface area contributed by atoms with Gasteiger partial charge in [0, 0.05) is 42.0 Å². The lowest BCUT2D eigenvalue weighted by atomic mass is 10.00. The van der Waals surface area contributed by atoms with Gasteiger partial charge in [-0.15, -0.1) is 0 Å². The minimum atomic E-state index is 0.0364. The topological polar surface area (TPSA) is 59.0 Å². The number of hydrogen-bond donors (Lipinski definition) is 0. The molecule has 5 heteroatoms. The molecule has 0 radical (unpaired) electrons. The molecule has 0 atom stereocenters.